The van der Waals surface area contributed by atoms with Gasteiger partial charge in [-0.2, -0.15) is 0 Å². The predicted molar refractivity (Wildman–Crippen MR) is 106 cm³/mol. The summed E-state index contributed by atoms with van der Waals surface area (Å²) < 4.78 is 0.591. The van der Waals surface area contributed by atoms with Crippen LogP contribution in [0.3, 0.4) is 0 Å². The van der Waals surface area contributed by atoms with Crippen LogP contribution in [-0.4, -0.2) is 26.6 Å². The van der Waals surface area contributed by atoms with E-state index >= 15 is 0 Å². The van der Waals surface area contributed by atoms with Crippen molar-refractivity contribution in [3.8, 4) is 0 Å². The van der Waals surface area contributed by atoms with E-state index in [1.807, 2.05) is 0 Å². The van der Waals surface area contributed by atoms with Gasteiger partial charge in [-0.1, -0.05) is 57.1 Å². The molecule has 0 spiro atoms. The molecule has 0 saturated carbocycles. The maximum atomic E-state index is 12.7. The smallest absolute Gasteiger partial charge is 0.269 e. The number of amides is 1. The van der Waals surface area contributed by atoms with Gasteiger partial charge in [0.15, 0.2) is 0 Å². The second kappa shape index (κ2) is 9.10. The Labute approximate surface area is 157 Å². The van der Waals surface area contributed by atoms with E-state index in [0.29, 0.717) is 21.7 Å². The van der Waals surface area contributed by atoms with Crippen molar-refractivity contribution in [1.29, 1.82) is 0 Å². The second-order valence-electron chi connectivity index (χ2n) is 6.06. The molecule has 0 radical (unpaired) electrons. The molecule has 7 heteroatoms. The van der Waals surface area contributed by atoms with Crippen LogP contribution in [-0.2, 0) is 4.79 Å². The summed E-state index contributed by atoms with van der Waals surface area (Å²) >= 11 is 6.68. The molecule has 1 aromatic rings. The van der Waals surface area contributed by atoms with Crippen LogP contribution in [0, 0.1) is 16.0 Å². The van der Waals surface area contributed by atoms with Crippen molar-refractivity contribution in [2.24, 2.45) is 5.92 Å². The van der Waals surface area contributed by atoms with Crippen LogP contribution in [0.2, 0.25) is 0 Å². The Bertz CT molecular complexity index is 686. The fraction of sp³-hybridized carbons (Fsp3) is 0.444. The summed E-state index contributed by atoms with van der Waals surface area (Å²) in [5, 5.41) is 10.7. The summed E-state index contributed by atoms with van der Waals surface area (Å²) in [6.07, 6.45) is 6.18. The lowest BCUT2D eigenvalue weighted by molar-refractivity contribution is -0.384. The van der Waals surface area contributed by atoms with Gasteiger partial charge in [-0.3, -0.25) is 19.8 Å². The molecule has 1 aromatic carbocycles. The molecule has 0 aromatic heterocycles. The summed E-state index contributed by atoms with van der Waals surface area (Å²) in [6.45, 7) is 4.97. The van der Waals surface area contributed by atoms with Crippen molar-refractivity contribution in [2.45, 2.75) is 39.5 Å². The first-order valence-corrected chi connectivity index (χ1v) is 9.68. The zero-order valence-electron chi connectivity index (χ0n) is 14.4. The molecule has 1 aliphatic rings. The molecule has 1 aliphatic heterocycles. The number of nitrogens with zero attached hydrogens (tertiary/aromatic N) is 2. The molecule has 1 heterocycles. The van der Waals surface area contributed by atoms with Crippen LogP contribution in [0.5, 0.6) is 0 Å². The molecule has 0 aliphatic carbocycles. The number of non-ortho nitro benzene ring substituents is 1. The van der Waals surface area contributed by atoms with E-state index in [-0.39, 0.29) is 11.6 Å². The number of hydrogen-bond acceptors (Lipinski definition) is 5. The van der Waals surface area contributed by atoms with Gasteiger partial charge in [-0.05, 0) is 36.1 Å². The number of hydrogen-bond donors (Lipinski definition) is 0. The Morgan fingerprint density at radius 3 is 2.56 bits per heavy atom. The lowest BCUT2D eigenvalue weighted by Gasteiger charge is -2.21. The van der Waals surface area contributed by atoms with Gasteiger partial charge in [0.05, 0.1) is 9.83 Å². The number of unbranched alkanes of at least 4 members (excludes halogenated alkanes) is 1. The van der Waals surface area contributed by atoms with Crippen molar-refractivity contribution < 1.29 is 9.72 Å². The van der Waals surface area contributed by atoms with Crippen LogP contribution in [0.4, 0.5) is 5.69 Å². The third-order valence-electron chi connectivity index (χ3n) is 4.26. The second-order valence-corrected chi connectivity index (χ2v) is 7.73. The number of carbonyl (C=O) groups is 1. The molecule has 1 saturated heterocycles. The highest BCUT2D eigenvalue weighted by Crippen LogP contribution is 2.34. The van der Waals surface area contributed by atoms with Crippen molar-refractivity contribution in [3.05, 3.63) is 44.8 Å². The Morgan fingerprint density at radius 2 is 2.00 bits per heavy atom. The molecule has 25 heavy (non-hydrogen) atoms. The molecule has 2 rings (SSSR count). The van der Waals surface area contributed by atoms with Crippen molar-refractivity contribution in [2.75, 3.05) is 6.54 Å². The predicted octanol–water partition coefficient (Wildman–Crippen LogP) is 5.01. The van der Waals surface area contributed by atoms with Crippen LogP contribution in [0.1, 0.15) is 45.1 Å². The van der Waals surface area contributed by atoms with Crippen LogP contribution >= 0.6 is 24.0 Å². The third kappa shape index (κ3) is 5.12. The highest BCUT2D eigenvalue weighted by atomic mass is 32.2. The van der Waals surface area contributed by atoms with Gasteiger partial charge < -0.3 is 0 Å². The van der Waals surface area contributed by atoms with Gasteiger partial charge in [-0.15, -0.1) is 0 Å². The highest BCUT2D eigenvalue weighted by Gasteiger charge is 2.33. The summed E-state index contributed by atoms with van der Waals surface area (Å²) in [6, 6.07) is 6.15. The first-order valence-electron chi connectivity index (χ1n) is 8.46. The fourth-order valence-electron chi connectivity index (χ4n) is 2.68. The van der Waals surface area contributed by atoms with Crippen LogP contribution in [0.25, 0.3) is 6.08 Å². The number of thiocarbonyl (C=S) groups is 1. The number of thioether (sulfide) groups is 1. The molecular formula is C18H22N2O3S2. The van der Waals surface area contributed by atoms with E-state index in [1.165, 1.54) is 23.9 Å². The number of rotatable bonds is 8. The minimum atomic E-state index is -0.440. The fourth-order valence-corrected chi connectivity index (χ4v) is 3.95. The zero-order valence-corrected chi connectivity index (χ0v) is 16.1. The largest absolute Gasteiger partial charge is 0.293 e. The van der Waals surface area contributed by atoms with Gasteiger partial charge in [0.2, 0.25) is 0 Å². The van der Waals surface area contributed by atoms with E-state index in [2.05, 4.69) is 13.8 Å². The normalized spacial score (nSPS) is 17.4. The average Bonchev–Trinajstić information content (AvgIpc) is 2.86. The molecule has 5 nitrogen and oxygen atoms in total. The number of carbonyl (C=O) groups excluding carboxylic acids is 1. The SMILES string of the molecule is CCCC[C@@H](CC)CN1C(=O)/C(=C/c2ccc([N+](=O)[O-])cc2)SC1=S. The monoisotopic (exact) mass is 378 g/mol. The maximum absolute atomic E-state index is 12.7. The van der Waals surface area contributed by atoms with Crippen molar-refractivity contribution in [3.63, 3.8) is 0 Å². The molecular weight excluding hydrogens is 356 g/mol. The molecule has 0 bridgehead atoms. The molecule has 134 valence electrons. The average molecular weight is 379 g/mol. The molecule has 1 fully saturated rings. The minimum Gasteiger partial charge on any atom is -0.293 e. The van der Waals surface area contributed by atoms with Crippen LogP contribution < -0.4 is 0 Å². The summed E-state index contributed by atoms with van der Waals surface area (Å²) in [5.41, 5.74) is 0.788. The maximum Gasteiger partial charge on any atom is 0.269 e. The molecule has 0 N–H and O–H groups in total. The van der Waals surface area contributed by atoms with Crippen LogP contribution in [0.15, 0.2) is 29.2 Å². The Kier molecular flexibility index (Phi) is 7.13. The number of benzene rings is 1. The molecule has 1 atom stereocenters. The Balaban J connectivity index is 2.10. The van der Waals surface area contributed by atoms with E-state index in [1.54, 1.807) is 23.1 Å². The Hall–Kier alpha value is -1.73. The standard InChI is InChI=1S/C18H22N2O3S2/c1-3-5-6-13(4-2)12-19-17(21)16(25-18(19)24)11-14-7-9-15(10-8-14)20(22)23/h7-11,13H,3-6,12H2,1-2H3/b16-11-/t13-/m1/s1. The molecule has 1 amide bonds. The lowest BCUT2D eigenvalue weighted by atomic mass is 9.99. The zero-order chi connectivity index (χ0) is 18.4. The first-order chi connectivity index (χ1) is 12.0. The minimum absolute atomic E-state index is 0.0337. The molecule has 0 unspecified atom stereocenters. The number of nitro benzene ring substituents is 1. The first kappa shape index (κ1) is 19.6. The van der Waals surface area contributed by atoms with E-state index < -0.39 is 4.92 Å². The van der Waals surface area contributed by atoms with Gasteiger partial charge in [0.25, 0.3) is 11.6 Å². The van der Waals surface area contributed by atoms with Gasteiger partial charge in [-0.25, -0.2) is 0 Å². The van der Waals surface area contributed by atoms with Crippen molar-refractivity contribution in [1.82, 2.24) is 4.90 Å². The van der Waals surface area contributed by atoms with E-state index in [9.17, 15) is 14.9 Å². The third-order valence-corrected chi connectivity index (χ3v) is 5.64. The quantitative estimate of drug-likeness (QED) is 0.275. The summed E-state index contributed by atoms with van der Waals surface area (Å²) in [4.78, 5) is 25.2. The lowest BCUT2D eigenvalue weighted by Crippen LogP contribution is -2.33. The van der Waals surface area contributed by atoms with Crippen molar-refractivity contribution >= 4 is 46.0 Å². The number of nitro groups is 1. The Morgan fingerprint density at radius 1 is 1.32 bits per heavy atom. The highest BCUT2D eigenvalue weighted by molar-refractivity contribution is 8.26. The topological polar surface area (TPSA) is 63.5 Å². The summed E-state index contributed by atoms with van der Waals surface area (Å²) in [5.74, 6) is 0.393. The summed E-state index contributed by atoms with van der Waals surface area (Å²) in [7, 11) is 0. The van der Waals surface area contributed by atoms with E-state index in [0.717, 1.165) is 31.2 Å². The van der Waals surface area contributed by atoms with Gasteiger partial charge in [0, 0.05) is 18.7 Å². The van der Waals surface area contributed by atoms with Gasteiger partial charge in [0.1, 0.15) is 4.32 Å². The van der Waals surface area contributed by atoms with Gasteiger partial charge >= 0.3 is 0 Å². The van der Waals surface area contributed by atoms with E-state index in [4.69, 9.17) is 12.2 Å².